The molecule has 5 rings (SSSR count). The Balaban J connectivity index is 1.31. The van der Waals surface area contributed by atoms with Gasteiger partial charge < -0.3 is 31.1 Å². The lowest BCUT2D eigenvalue weighted by Gasteiger charge is -2.38. The van der Waals surface area contributed by atoms with Crippen molar-refractivity contribution < 1.29 is 24.2 Å². The second kappa shape index (κ2) is 13.5. The zero-order chi connectivity index (χ0) is 31.4. The van der Waals surface area contributed by atoms with Gasteiger partial charge in [-0.3, -0.25) is 19.3 Å². The first kappa shape index (κ1) is 31.0. The van der Waals surface area contributed by atoms with E-state index in [0.29, 0.717) is 53.6 Å². The Morgan fingerprint density at radius 2 is 1.75 bits per heavy atom. The van der Waals surface area contributed by atoms with E-state index in [9.17, 15) is 19.5 Å². The third-order valence-corrected chi connectivity index (χ3v) is 8.27. The van der Waals surface area contributed by atoms with Gasteiger partial charge in [0.1, 0.15) is 6.10 Å². The van der Waals surface area contributed by atoms with Crippen molar-refractivity contribution in [2.45, 2.75) is 45.4 Å². The van der Waals surface area contributed by atoms with Crippen molar-refractivity contribution in [2.75, 3.05) is 43.1 Å². The molecule has 0 saturated heterocycles. The van der Waals surface area contributed by atoms with Crippen LogP contribution in [-0.4, -0.2) is 71.5 Å². The number of nitrogens with one attached hydrogen (secondary N) is 2. The third kappa shape index (κ3) is 7.20. The molecule has 1 aliphatic heterocycles. The first-order valence-electron chi connectivity index (χ1n) is 15.1. The first-order chi connectivity index (χ1) is 21.1. The van der Waals surface area contributed by atoms with Crippen LogP contribution in [0.3, 0.4) is 0 Å². The third-order valence-electron chi connectivity index (χ3n) is 8.27. The minimum atomic E-state index is -0.381. The molecule has 0 aromatic heterocycles. The zero-order valence-corrected chi connectivity index (χ0v) is 25.5. The number of fused-ring (bicyclic) bond motifs is 1. The van der Waals surface area contributed by atoms with E-state index >= 15 is 0 Å². The highest BCUT2D eigenvalue weighted by molar-refractivity contribution is 6.05. The number of rotatable bonds is 10. The molecule has 232 valence electrons. The lowest BCUT2D eigenvalue weighted by atomic mass is 9.98. The van der Waals surface area contributed by atoms with E-state index in [1.807, 2.05) is 45.2 Å². The number of carbonyl (C=O) groups is 3. The van der Waals surface area contributed by atoms with Crippen LogP contribution in [0, 0.1) is 11.8 Å². The average molecular weight is 600 g/mol. The summed E-state index contributed by atoms with van der Waals surface area (Å²) >= 11 is 0. The smallest absolute Gasteiger partial charge is 0.258 e. The molecule has 2 aliphatic rings. The molecule has 1 saturated carbocycles. The Hall–Kier alpha value is -4.41. The predicted molar refractivity (Wildman–Crippen MR) is 171 cm³/mol. The molecule has 0 unspecified atom stereocenters. The Kier molecular flexibility index (Phi) is 9.51. The maximum atomic E-state index is 13.7. The minimum Gasteiger partial charge on any atom is -0.486 e. The highest BCUT2D eigenvalue weighted by Gasteiger charge is 2.36. The van der Waals surface area contributed by atoms with Gasteiger partial charge in [0.05, 0.1) is 35.3 Å². The maximum Gasteiger partial charge on any atom is 0.258 e. The van der Waals surface area contributed by atoms with Gasteiger partial charge in [-0.05, 0) is 68.8 Å². The molecule has 5 N–H and O–H groups in total. The number of nitrogens with two attached hydrogens (primary N) is 1. The van der Waals surface area contributed by atoms with Crippen LogP contribution in [0.25, 0.3) is 0 Å². The molecule has 10 heteroatoms. The number of nitrogens with zero attached hydrogens (tertiary/aromatic N) is 2. The van der Waals surface area contributed by atoms with Crippen LogP contribution in [0.15, 0.2) is 66.7 Å². The van der Waals surface area contributed by atoms with E-state index in [4.69, 9.17) is 10.5 Å². The molecule has 1 aliphatic carbocycles. The summed E-state index contributed by atoms with van der Waals surface area (Å²) in [6.07, 6.45) is 1.40. The Morgan fingerprint density at radius 3 is 2.43 bits per heavy atom. The number of aliphatic hydroxyl groups excluding tert-OH is 1. The second-order valence-electron chi connectivity index (χ2n) is 12.0. The lowest BCUT2D eigenvalue weighted by Crippen LogP contribution is -2.49. The Labute approximate surface area is 258 Å². The van der Waals surface area contributed by atoms with Crippen LogP contribution >= 0.6 is 0 Å². The number of anilines is 3. The Bertz CT molecular complexity index is 1510. The molecule has 1 heterocycles. The number of nitrogen functional groups attached to an aromatic ring is 1. The van der Waals surface area contributed by atoms with Gasteiger partial charge in [0.15, 0.2) is 5.75 Å². The number of aliphatic hydroxyl groups is 1. The van der Waals surface area contributed by atoms with Gasteiger partial charge in [0.2, 0.25) is 5.91 Å². The summed E-state index contributed by atoms with van der Waals surface area (Å²) in [4.78, 5) is 42.9. The van der Waals surface area contributed by atoms with Gasteiger partial charge in [-0.25, -0.2) is 0 Å². The minimum absolute atomic E-state index is 0.00388. The fourth-order valence-electron chi connectivity index (χ4n) is 5.39. The summed E-state index contributed by atoms with van der Waals surface area (Å²) in [5.74, 6) is -0.256. The van der Waals surface area contributed by atoms with Crippen LogP contribution in [0.2, 0.25) is 0 Å². The topological polar surface area (TPSA) is 137 Å². The van der Waals surface area contributed by atoms with Gasteiger partial charge in [0, 0.05) is 37.0 Å². The quantitative estimate of drug-likeness (QED) is 0.256. The molecular formula is C34H41N5O5. The average Bonchev–Trinajstić information content (AvgIpc) is 3.86. The SMILES string of the molecule is C[C@H]1CN([C@@H](C)CO)C(=O)c2cccc(NC(=O)C3CC3)c2O[C@@H]1CN(C)Cc1ccc(C(=O)Nc2ccccc2N)cc1. The molecule has 10 nitrogen and oxygen atoms in total. The van der Waals surface area contributed by atoms with E-state index in [-0.39, 0.29) is 48.3 Å². The Morgan fingerprint density at radius 1 is 1.05 bits per heavy atom. The van der Waals surface area contributed by atoms with Crippen molar-refractivity contribution in [2.24, 2.45) is 11.8 Å². The summed E-state index contributed by atoms with van der Waals surface area (Å²) in [7, 11) is 1.99. The van der Waals surface area contributed by atoms with Gasteiger partial charge >= 0.3 is 0 Å². The molecule has 0 bridgehead atoms. The van der Waals surface area contributed by atoms with Gasteiger partial charge in [-0.2, -0.15) is 0 Å². The summed E-state index contributed by atoms with van der Waals surface area (Å²) in [5, 5.41) is 15.8. The molecule has 1 fully saturated rings. The maximum absolute atomic E-state index is 13.7. The molecule has 3 atom stereocenters. The largest absolute Gasteiger partial charge is 0.486 e. The number of hydrogen-bond acceptors (Lipinski definition) is 7. The molecule has 0 radical (unpaired) electrons. The summed E-state index contributed by atoms with van der Waals surface area (Å²) in [6, 6.07) is 19.4. The van der Waals surface area contributed by atoms with Crippen molar-refractivity contribution in [1.82, 2.24) is 9.80 Å². The van der Waals surface area contributed by atoms with E-state index in [1.54, 1.807) is 47.4 Å². The standard InChI is InChI=1S/C34H41N5O5/c1-21-17-39(22(2)20-40)34(43)26-7-6-10-29(37-33(42)25-15-16-25)31(26)44-30(21)19-38(3)18-23-11-13-24(14-12-23)32(41)36-28-9-5-4-8-27(28)35/h4-14,21-22,25,30,40H,15-20,35H2,1-3H3,(H,36,41)(H,37,42)/t21-,22-,30+/m0/s1. The predicted octanol–water partition coefficient (Wildman–Crippen LogP) is 4.22. The van der Waals surface area contributed by atoms with Crippen molar-refractivity contribution in [3.63, 3.8) is 0 Å². The van der Waals surface area contributed by atoms with Crippen molar-refractivity contribution >= 4 is 34.8 Å². The van der Waals surface area contributed by atoms with E-state index in [2.05, 4.69) is 15.5 Å². The normalized spacial score (nSPS) is 18.9. The van der Waals surface area contributed by atoms with E-state index in [1.165, 1.54) is 0 Å². The van der Waals surface area contributed by atoms with Crippen molar-refractivity contribution in [1.29, 1.82) is 0 Å². The fourth-order valence-corrected chi connectivity index (χ4v) is 5.39. The lowest BCUT2D eigenvalue weighted by molar-refractivity contribution is -0.117. The van der Waals surface area contributed by atoms with Crippen LogP contribution in [0.5, 0.6) is 5.75 Å². The van der Waals surface area contributed by atoms with Crippen LogP contribution in [-0.2, 0) is 11.3 Å². The van der Waals surface area contributed by atoms with Crippen LogP contribution in [0.4, 0.5) is 17.1 Å². The number of likely N-dealkylation sites (N-methyl/N-ethyl adjacent to an activating group) is 1. The molecule has 3 aromatic carbocycles. The number of para-hydroxylation sites is 3. The van der Waals surface area contributed by atoms with Gasteiger partial charge in [-0.1, -0.05) is 37.3 Å². The molecule has 44 heavy (non-hydrogen) atoms. The molecule has 3 amide bonds. The highest BCUT2D eigenvalue weighted by Crippen LogP contribution is 2.37. The highest BCUT2D eigenvalue weighted by atomic mass is 16.5. The van der Waals surface area contributed by atoms with E-state index in [0.717, 1.165) is 18.4 Å². The monoisotopic (exact) mass is 599 g/mol. The number of carbonyl (C=O) groups excluding carboxylic acids is 3. The van der Waals surface area contributed by atoms with E-state index < -0.39 is 0 Å². The van der Waals surface area contributed by atoms with Crippen molar-refractivity contribution in [3.05, 3.63) is 83.4 Å². The number of amides is 3. The number of hydrogen-bond donors (Lipinski definition) is 4. The second-order valence-corrected chi connectivity index (χ2v) is 12.0. The molecule has 0 spiro atoms. The summed E-state index contributed by atoms with van der Waals surface area (Å²) in [5.41, 5.74) is 9.42. The fraction of sp³-hybridized carbons (Fsp3) is 0.382. The van der Waals surface area contributed by atoms with Crippen LogP contribution in [0.1, 0.15) is 53.0 Å². The number of benzene rings is 3. The molecular weight excluding hydrogens is 558 g/mol. The molecule has 3 aromatic rings. The van der Waals surface area contributed by atoms with Gasteiger partial charge in [0.25, 0.3) is 11.8 Å². The van der Waals surface area contributed by atoms with Crippen molar-refractivity contribution in [3.8, 4) is 5.75 Å². The first-order valence-corrected chi connectivity index (χ1v) is 15.1. The van der Waals surface area contributed by atoms with Crippen LogP contribution < -0.4 is 21.1 Å². The van der Waals surface area contributed by atoms with Gasteiger partial charge in [-0.15, -0.1) is 0 Å². The zero-order valence-electron chi connectivity index (χ0n) is 25.5. The summed E-state index contributed by atoms with van der Waals surface area (Å²) < 4.78 is 6.61. The number of ether oxygens (including phenoxy) is 1. The summed E-state index contributed by atoms with van der Waals surface area (Å²) in [6.45, 7) is 5.24.